The largest absolute Gasteiger partial charge is 0.481 e. The molecule has 4 bridgehead atoms. The number of carboxylic acids is 2. The molecule has 0 unspecified atom stereocenters. The maximum absolute atomic E-state index is 13.5. The van der Waals surface area contributed by atoms with Gasteiger partial charge in [-0.3, -0.25) is 23.9 Å². The fraction of sp³-hybridized carbons (Fsp3) is 0.827. The van der Waals surface area contributed by atoms with Crippen molar-refractivity contribution in [3.8, 4) is 0 Å². The lowest BCUT2D eigenvalue weighted by atomic mass is 9.34. The van der Waals surface area contributed by atoms with Crippen molar-refractivity contribution in [2.24, 2.45) is 148 Å². The van der Waals surface area contributed by atoms with Crippen molar-refractivity contribution >= 4 is 23.8 Å². The van der Waals surface area contributed by atoms with E-state index in [0.29, 0.717) is 86.6 Å². The van der Waals surface area contributed by atoms with E-state index in [-0.39, 0.29) is 103 Å². The van der Waals surface area contributed by atoms with Crippen LogP contribution in [0.3, 0.4) is 0 Å². The van der Waals surface area contributed by atoms with E-state index in [2.05, 4.69) is 154 Å². The summed E-state index contributed by atoms with van der Waals surface area (Å²) in [5.41, 5.74) is 24.2. The van der Waals surface area contributed by atoms with Crippen molar-refractivity contribution in [2.45, 2.75) is 251 Å². The monoisotopic (exact) mass is 1390 g/mol. The molecule has 0 spiro atoms. The molecule has 562 valence electrons. The Kier molecular flexibility index (Phi) is 21.2. The Morgan fingerprint density at radius 1 is 0.620 bits per heavy atom. The summed E-state index contributed by atoms with van der Waals surface area (Å²) in [6, 6.07) is 1.46. The van der Waals surface area contributed by atoms with Gasteiger partial charge in [-0.15, -0.1) is 0 Å². The molecule has 2 amide bonds. The van der Waals surface area contributed by atoms with E-state index in [4.69, 9.17) is 51.7 Å². The Morgan fingerprint density at radius 2 is 1.06 bits per heavy atom. The summed E-state index contributed by atoms with van der Waals surface area (Å²) in [5.74, 6) is 0.425. The number of H-pyrrole nitrogens is 1. The highest BCUT2D eigenvalue weighted by Gasteiger charge is 2.75. The number of primary amides is 2. The predicted molar refractivity (Wildman–Crippen MR) is 389 cm³/mol. The molecule has 4 heterocycles. The molecule has 19 nitrogen and oxygen atoms in total. The fourth-order valence-electron chi connectivity index (χ4n) is 24.3. The van der Waals surface area contributed by atoms with Crippen LogP contribution in [0, 0.1) is 125 Å². The second kappa shape index (κ2) is 27.1. The number of hydrogen-bond donors (Lipinski definition) is 7. The van der Waals surface area contributed by atoms with Crippen LogP contribution < -0.4 is 22.9 Å². The molecule has 12 rings (SSSR count). The van der Waals surface area contributed by atoms with Gasteiger partial charge in [-0.2, -0.15) is 5.10 Å². The zero-order valence-corrected chi connectivity index (χ0v) is 65.1. The molecule has 24 atom stereocenters. The van der Waals surface area contributed by atoms with Crippen LogP contribution >= 0.6 is 0 Å². The second-order valence-corrected chi connectivity index (χ2v) is 38.1. The molecule has 19 heteroatoms. The first-order valence-corrected chi connectivity index (χ1v) is 38.4. The number of carboxylic acid groups (broad SMARTS) is 2. The number of carbonyl (C=O) groups is 4. The average molecular weight is 1390 g/mol. The summed E-state index contributed by atoms with van der Waals surface area (Å²) in [6.07, 6.45) is 20.6. The number of imidazole rings is 1. The molecule has 2 aliphatic heterocycles. The van der Waals surface area contributed by atoms with Crippen molar-refractivity contribution in [2.75, 3.05) is 46.8 Å². The normalized spacial score (nSPS) is 42.7. The van der Waals surface area contributed by atoms with Gasteiger partial charge in [0, 0.05) is 58.4 Å². The molecule has 2 saturated heterocycles. The number of rotatable bonds is 18. The number of methoxy groups -OCH3 is 1. The van der Waals surface area contributed by atoms with E-state index < -0.39 is 46.2 Å². The first-order valence-electron chi connectivity index (χ1n) is 38.4. The van der Waals surface area contributed by atoms with E-state index in [1.54, 1.807) is 24.0 Å². The number of allylic oxidation sites excluding steroid dienone is 2. The standard InChI is InChI=1S/C40H64N4O5.C37H63NO5.C4H5N3O/c1-23(2)25(5)35(6)16-17-37(8)26-11-12-30-36(7)20-48-22-40(30,27(26)13-15-38(37,9)31(35)34(46)47)19-29(44-28(33(41)45)14-18-43-44)32(36)49-21-39(10,42)24(3)4;1-22(2)24(5)32(6)16-17-34(8)25-12-13-28-33(7)19-42-21-37(28,26(25)14-15-35(34,9)29(32)31(39)40)18-27(41-11)30(33)43-20-36(10,38)23(3)4;5-3(8)4-6-1-2-7-4/h13-14,18,23-26,29-32H,11-12,15-17,19-22,42H2,1-10H3,(H2,41,45)(H,46,47);14,22-25,27-30H,12-13,15-21,38H2,1-11H3,(H,39,40);1-2H,(H2,5,8)(H,6,7)/t25-,26+,29-,30+,31-,32+,35-,36-,37-,38+,39+,40+;24-,25+,27-,28+,29-,30+,32-,33-,34-,35+,36-,37+;/m11./s1. The SMILES string of the molecule is CC(C)[C@@H](C)[C@@]1(C)CC[C@]2(C)[C@H]3CC[C@@H]4[C@@]5(COC[C@@]4(C)[C@@H](OC[C@](C)(N)C(C)C)[C@H](n4nccc4C(N)=O)C5)C3=CC[C@@]2(C)[C@@H]1C(=O)O.CO[C@@H]1C[C@@]23COC[C@](C)([C@@H]2CC[C@H]2C3=CC[C@@]3(C)[C@H](C(=O)O)[C@@](C)([C@H](C)C(C)C)CC[C@]23C)[C@H]1OC[C@@](C)(N)C(C)C.NC(=O)c1ncc[nH]1. The molecule has 0 aromatic carbocycles. The van der Waals surface area contributed by atoms with Crippen LogP contribution in [-0.2, 0) is 33.3 Å². The van der Waals surface area contributed by atoms with Gasteiger partial charge < -0.3 is 61.8 Å². The number of carbonyl (C=O) groups excluding carboxylic acids is 2. The Bertz CT molecular complexity index is 3400. The third-order valence-corrected chi connectivity index (χ3v) is 32.2. The molecule has 2 aromatic rings. The number of nitrogens with one attached hydrogen (secondary N) is 1. The van der Waals surface area contributed by atoms with Crippen LogP contribution in [0.25, 0.3) is 0 Å². The minimum absolute atomic E-state index is 0.0396. The van der Waals surface area contributed by atoms with Crippen LogP contribution in [0.4, 0.5) is 0 Å². The van der Waals surface area contributed by atoms with Crippen molar-refractivity contribution < 1.29 is 53.1 Å². The third-order valence-electron chi connectivity index (χ3n) is 32.2. The second-order valence-electron chi connectivity index (χ2n) is 38.1. The van der Waals surface area contributed by atoms with Gasteiger partial charge in [0.05, 0.1) is 75.8 Å². The molecule has 8 aliphatic carbocycles. The summed E-state index contributed by atoms with van der Waals surface area (Å²) in [5, 5.41) is 26.7. The van der Waals surface area contributed by atoms with Gasteiger partial charge in [-0.25, -0.2) is 4.98 Å². The zero-order chi connectivity index (χ0) is 74.1. The van der Waals surface area contributed by atoms with Gasteiger partial charge in [-0.1, -0.05) is 148 Å². The fourth-order valence-corrected chi connectivity index (χ4v) is 24.3. The van der Waals surface area contributed by atoms with E-state index in [1.165, 1.54) is 11.8 Å². The number of fused-ring (bicyclic) bond motifs is 6. The summed E-state index contributed by atoms with van der Waals surface area (Å²) in [6.45, 7) is 48.4. The summed E-state index contributed by atoms with van der Waals surface area (Å²) < 4.78 is 35.2. The first-order chi connectivity index (χ1) is 46.4. The molecule has 10 aliphatic rings. The molecule has 11 N–H and O–H groups in total. The highest BCUT2D eigenvalue weighted by Crippen LogP contribution is 2.78. The molecule has 0 radical (unpaired) electrons. The number of amides is 2. The topological polar surface area (TPSA) is 305 Å². The Labute approximate surface area is 599 Å². The number of ether oxygens (including phenoxy) is 5. The van der Waals surface area contributed by atoms with Crippen LogP contribution in [0.2, 0.25) is 0 Å². The van der Waals surface area contributed by atoms with Crippen molar-refractivity contribution in [1.29, 1.82) is 0 Å². The van der Waals surface area contributed by atoms with Crippen molar-refractivity contribution in [3.05, 3.63) is 59.5 Å². The van der Waals surface area contributed by atoms with Gasteiger partial charge in [-0.05, 0) is 189 Å². The summed E-state index contributed by atoms with van der Waals surface area (Å²) in [4.78, 5) is 55.9. The molecular weight excluding hydrogens is 1260 g/mol. The summed E-state index contributed by atoms with van der Waals surface area (Å²) in [7, 11) is 1.84. The minimum atomic E-state index is -0.649. The lowest BCUT2D eigenvalue weighted by Crippen LogP contribution is -2.70. The number of aliphatic carboxylic acids is 2. The van der Waals surface area contributed by atoms with Gasteiger partial charge >= 0.3 is 11.9 Å². The third kappa shape index (κ3) is 12.0. The lowest BCUT2D eigenvalue weighted by molar-refractivity contribution is -0.269. The first kappa shape index (κ1) is 78.1. The minimum Gasteiger partial charge on any atom is -0.481 e. The van der Waals surface area contributed by atoms with E-state index >= 15 is 0 Å². The quantitative estimate of drug-likeness (QED) is 0.0683. The van der Waals surface area contributed by atoms with Crippen LogP contribution in [0.15, 0.2) is 48.0 Å². The highest BCUT2D eigenvalue weighted by atomic mass is 16.5. The van der Waals surface area contributed by atoms with Crippen LogP contribution in [0.1, 0.15) is 243 Å². The Hall–Kier alpha value is -4.50. The van der Waals surface area contributed by atoms with E-state index in [0.717, 1.165) is 77.2 Å². The Balaban J connectivity index is 0.000000195. The molecule has 100 heavy (non-hydrogen) atoms. The predicted octanol–water partition coefficient (Wildman–Crippen LogP) is 13.7. The number of aromatic nitrogens is 4. The van der Waals surface area contributed by atoms with Gasteiger partial charge in [0.25, 0.3) is 11.8 Å². The zero-order valence-electron chi connectivity index (χ0n) is 65.1. The van der Waals surface area contributed by atoms with Crippen LogP contribution in [-0.4, -0.2) is 130 Å². The van der Waals surface area contributed by atoms with E-state index in [1.807, 2.05) is 18.7 Å². The maximum atomic E-state index is 13.5. The van der Waals surface area contributed by atoms with Crippen molar-refractivity contribution in [1.82, 2.24) is 19.7 Å². The lowest BCUT2D eigenvalue weighted by Gasteiger charge is -2.71. The van der Waals surface area contributed by atoms with Gasteiger partial charge in [0.1, 0.15) is 5.69 Å². The Morgan fingerprint density at radius 3 is 1.44 bits per heavy atom. The molecule has 2 aromatic heterocycles. The number of nitrogens with zero attached hydrogens (tertiary/aromatic N) is 3. The molecular formula is C81H132N8O11. The van der Waals surface area contributed by atoms with Gasteiger partial charge in [0.15, 0.2) is 5.82 Å². The van der Waals surface area contributed by atoms with Crippen molar-refractivity contribution in [3.63, 3.8) is 0 Å². The highest BCUT2D eigenvalue weighted by molar-refractivity contribution is 5.91. The number of aromatic amines is 1. The smallest absolute Gasteiger partial charge is 0.307 e. The molecule has 6 saturated carbocycles. The average Bonchev–Trinajstić information content (AvgIpc) is 0.772. The number of nitrogens with two attached hydrogens (primary N) is 4. The van der Waals surface area contributed by atoms with E-state index in [9.17, 15) is 29.4 Å². The van der Waals surface area contributed by atoms with Gasteiger partial charge in [0.2, 0.25) is 0 Å². The maximum Gasteiger partial charge on any atom is 0.307 e. The summed E-state index contributed by atoms with van der Waals surface area (Å²) >= 11 is 0. The number of hydrogen-bond acceptors (Lipinski definition) is 13. The molecule has 8 fully saturated rings. The van der Waals surface area contributed by atoms with Crippen LogP contribution in [0.5, 0.6) is 0 Å².